The monoisotopic (exact) mass is 259 g/mol. The average Bonchev–Trinajstić information content (AvgIpc) is 2.33. The molecule has 0 aromatic heterocycles. The molecule has 0 heterocycles. The Morgan fingerprint density at radius 2 is 2.00 bits per heavy atom. The van der Waals surface area contributed by atoms with Crippen LogP contribution in [-0.4, -0.2) is 30.7 Å². The molecule has 0 aliphatic carbocycles. The second-order valence-electron chi connectivity index (χ2n) is 3.35. The number of esters is 1. The molecule has 0 bridgehead atoms. The fourth-order valence-electron chi connectivity index (χ4n) is 1.25. The minimum absolute atomic E-state index is 0.0156. The number of rotatable bonds is 5. The number of benzene rings is 1. The van der Waals surface area contributed by atoms with Crippen molar-refractivity contribution in [2.45, 2.75) is 6.42 Å². The maximum atomic E-state index is 13.4. The molecule has 18 heavy (non-hydrogen) atoms. The number of hydrogen-bond donors (Lipinski definition) is 2. The zero-order valence-electron chi connectivity index (χ0n) is 9.50. The maximum absolute atomic E-state index is 13.4. The molecule has 7 heteroatoms. The molecule has 0 atom stereocenters. The summed E-state index contributed by atoms with van der Waals surface area (Å²) in [4.78, 5) is 21.3. The van der Waals surface area contributed by atoms with E-state index < -0.39 is 29.1 Å². The number of hydrogen-bond acceptors (Lipinski definition) is 4. The molecule has 0 unspecified atom stereocenters. The van der Waals surface area contributed by atoms with Crippen LogP contribution in [0.2, 0.25) is 0 Å². The highest BCUT2D eigenvalue weighted by Crippen LogP contribution is 2.20. The van der Waals surface area contributed by atoms with Crippen molar-refractivity contribution in [1.29, 1.82) is 0 Å². The number of nitrogens with one attached hydrogen (secondary N) is 1. The van der Waals surface area contributed by atoms with Crippen LogP contribution in [0.25, 0.3) is 0 Å². The molecule has 5 nitrogen and oxygen atoms in total. The largest absolute Gasteiger partial charge is 0.478 e. The molecular formula is C11H11F2NO4. The van der Waals surface area contributed by atoms with Crippen LogP contribution in [0, 0.1) is 11.6 Å². The second kappa shape index (κ2) is 5.95. The Bertz CT molecular complexity index is 476. The topological polar surface area (TPSA) is 75.6 Å². The van der Waals surface area contributed by atoms with Gasteiger partial charge in [0.2, 0.25) is 0 Å². The number of aromatic carboxylic acids is 1. The Morgan fingerprint density at radius 1 is 1.33 bits per heavy atom. The van der Waals surface area contributed by atoms with E-state index in [-0.39, 0.29) is 18.7 Å². The predicted molar refractivity (Wildman–Crippen MR) is 58.4 cm³/mol. The molecule has 2 N–H and O–H groups in total. The zero-order valence-corrected chi connectivity index (χ0v) is 9.50. The Kier molecular flexibility index (Phi) is 4.59. The molecule has 0 radical (unpaired) electrons. The van der Waals surface area contributed by atoms with E-state index in [1.165, 1.54) is 7.11 Å². The van der Waals surface area contributed by atoms with Crippen molar-refractivity contribution in [2.75, 3.05) is 19.0 Å². The summed E-state index contributed by atoms with van der Waals surface area (Å²) in [6, 6.07) is 2.04. The summed E-state index contributed by atoms with van der Waals surface area (Å²) in [6.45, 7) is 0.0510. The van der Waals surface area contributed by atoms with Crippen LogP contribution in [0.1, 0.15) is 16.8 Å². The molecule has 1 rings (SSSR count). The van der Waals surface area contributed by atoms with Gasteiger partial charge in [0.15, 0.2) is 11.6 Å². The number of ether oxygens (including phenoxy) is 1. The summed E-state index contributed by atoms with van der Waals surface area (Å²) in [5, 5.41) is 11.0. The minimum Gasteiger partial charge on any atom is -0.478 e. The summed E-state index contributed by atoms with van der Waals surface area (Å²) in [5.74, 6) is -4.77. The van der Waals surface area contributed by atoms with E-state index in [9.17, 15) is 18.4 Å². The maximum Gasteiger partial charge on any atom is 0.338 e. The predicted octanol–water partition coefficient (Wildman–Crippen LogP) is 1.64. The van der Waals surface area contributed by atoms with E-state index in [2.05, 4.69) is 10.1 Å². The molecule has 0 spiro atoms. The molecule has 0 aliphatic rings. The van der Waals surface area contributed by atoms with Crippen molar-refractivity contribution in [2.24, 2.45) is 0 Å². The fourth-order valence-corrected chi connectivity index (χ4v) is 1.25. The highest BCUT2D eigenvalue weighted by Gasteiger charge is 2.17. The van der Waals surface area contributed by atoms with Gasteiger partial charge in [-0.25, -0.2) is 13.6 Å². The van der Waals surface area contributed by atoms with Gasteiger partial charge in [0.25, 0.3) is 0 Å². The van der Waals surface area contributed by atoms with Gasteiger partial charge in [-0.15, -0.1) is 0 Å². The summed E-state index contributed by atoms with van der Waals surface area (Å²) in [6.07, 6.45) is -0.0156. The average molecular weight is 259 g/mol. The van der Waals surface area contributed by atoms with Gasteiger partial charge >= 0.3 is 11.9 Å². The van der Waals surface area contributed by atoms with Crippen LogP contribution >= 0.6 is 0 Å². The zero-order chi connectivity index (χ0) is 13.7. The first-order valence-corrected chi connectivity index (χ1v) is 4.99. The van der Waals surface area contributed by atoms with Crippen molar-refractivity contribution in [3.05, 3.63) is 29.3 Å². The SMILES string of the molecule is COC(=O)CCNc1ccc(C(=O)O)c(F)c1F. The number of carboxylic acids is 1. The third-order valence-electron chi connectivity index (χ3n) is 2.18. The van der Waals surface area contributed by atoms with Gasteiger partial charge in [-0.2, -0.15) is 0 Å². The van der Waals surface area contributed by atoms with E-state index in [0.717, 1.165) is 12.1 Å². The number of carboxylic acid groups (broad SMARTS) is 1. The van der Waals surface area contributed by atoms with Gasteiger partial charge in [-0.05, 0) is 12.1 Å². The molecule has 98 valence electrons. The smallest absolute Gasteiger partial charge is 0.338 e. The van der Waals surface area contributed by atoms with Crippen molar-refractivity contribution in [3.63, 3.8) is 0 Å². The van der Waals surface area contributed by atoms with Gasteiger partial charge in [0.05, 0.1) is 24.8 Å². The Hall–Kier alpha value is -2.18. The molecule has 0 saturated carbocycles. The number of anilines is 1. The first-order chi connectivity index (χ1) is 8.47. The lowest BCUT2D eigenvalue weighted by molar-refractivity contribution is -0.140. The Morgan fingerprint density at radius 3 is 2.56 bits per heavy atom. The number of carbonyl (C=O) groups is 2. The second-order valence-corrected chi connectivity index (χ2v) is 3.35. The van der Waals surface area contributed by atoms with E-state index in [0.29, 0.717) is 0 Å². The Balaban J connectivity index is 2.77. The number of halogens is 2. The van der Waals surface area contributed by atoms with Crippen LogP contribution in [0.5, 0.6) is 0 Å². The normalized spacial score (nSPS) is 9.94. The third kappa shape index (κ3) is 3.16. The lowest BCUT2D eigenvalue weighted by atomic mass is 10.2. The van der Waals surface area contributed by atoms with Gasteiger partial charge in [-0.1, -0.05) is 0 Å². The van der Waals surface area contributed by atoms with Gasteiger partial charge in [-0.3, -0.25) is 4.79 Å². The number of methoxy groups -OCH3 is 1. The first-order valence-electron chi connectivity index (χ1n) is 4.99. The quantitative estimate of drug-likeness (QED) is 0.786. The third-order valence-corrected chi connectivity index (χ3v) is 2.18. The van der Waals surface area contributed by atoms with Crippen LogP contribution in [0.15, 0.2) is 12.1 Å². The molecule has 1 aromatic rings. The highest BCUT2D eigenvalue weighted by molar-refractivity contribution is 5.88. The molecule has 0 aliphatic heterocycles. The summed E-state index contributed by atoms with van der Waals surface area (Å²) in [7, 11) is 1.21. The van der Waals surface area contributed by atoms with Crippen LogP contribution in [0.4, 0.5) is 14.5 Å². The van der Waals surface area contributed by atoms with E-state index >= 15 is 0 Å². The van der Waals surface area contributed by atoms with Gasteiger partial charge in [0, 0.05) is 6.54 Å². The molecule has 0 saturated heterocycles. The van der Waals surface area contributed by atoms with Crippen molar-refractivity contribution in [3.8, 4) is 0 Å². The van der Waals surface area contributed by atoms with E-state index in [1.54, 1.807) is 0 Å². The van der Waals surface area contributed by atoms with Gasteiger partial charge < -0.3 is 15.2 Å². The summed E-state index contributed by atoms with van der Waals surface area (Å²) < 4.78 is 31.1. The summed E-state index contributed by atoms with van der Waals surface area (Å²) in [5.41, 5.74) is -0.951. The van der Waals surface area contributed by atoms with Crippen LogP contribution in [0.3, 0.4) is 0 Å². The standard InChI is InChI=1S/C11H11F2NO4/c1-18-8(15)4-5-14-7-3-2-6(11(16)17)9(12)10(7)13/h2-3,14H,4-5H2,1H3,(H,16,17). The van der Waals surface area contributed by atoms with E-state index in [4.69, 9.17) is 5.11 Å². The van der Waals surface area contributed by atoms with Gasteiger partial charge in [0.1, 0.15) is 0 Å². The molecular weight excluding hydrogens is 248 g/mol. The number of carbonyl (C=O) groups excluding carboxylic acids is 1. The minimum atomic E-state index is -1.55. The molecule has 0 fully saturated rings. The highest BCUT2D eigenvalue weighted by atomic mass is 19.2. The Labute approximate surface area is 101 Å². The van der Waals surface area contributed by atoms with Crippen molar-refractivity contribution >= 4 is 17.6 Å². The van der Waals surface area contributed by atoms with Crippen molar-refractivity contribution < 1.29 is 28.2 Å². The lowest BCUT2D eigenvalue weighted by Crippen LogP contribution is -2.12. The summed E-state index contributed by atoms with van der Waals surface area (Å²) >= 11 is 0. The van der Waals surface area contributed by atoms with E-state index in [1.807, 2.05) is 0 Å². The molecule has 1 aromatic carbocycles. The van der Waals surface area contributed by atoms with Crippen molar-refractivity contribution in [1.82, 2.24) is 0 Å². The lowest BCUT2D eigenvalue weighted by Gasteiger charge is -2.08. The van der Waals surface area contributed by atoms with Crippen LogP contribution in [-0.2, 0) is 9.53 Å². The fraction of sp³-hybridized carbons (Fsp3) is 0.273. The molecule has 0 amide bonds. The first kappa shape index (κ1) is 13.9. The van der Waals surface area contributed by atoms with Crippen LogP contribution < -0.4 is 5.32 Å².